The molecule has 5 heteroatoms. The number of amides is 1. The highest BCUT2D eigenvalue weighted by Gasteiger charge is 2.09. The van der Waals surface area contributed by atoms with Crippen LogP contribution < -0.4 is 10.6 Å². The quantitative estimate of drug-likeness (QED) is 0.889. The lowest BCUT2D eigenvalue weighted by Gasteiger charge is -2.07. The second-order valence-electron chi connectivity index (χ2n) is 3.38. The van der Waals surface area contributed by atoms with Gasteiger partial charge in [-0.05, 0) is 29.6 Å². The summed E-state index contributed by atoms with van der Waals surface area (Å²) in [5.74, 6) is -0.140. The maximum atomic E-state index is 11.8. The molecule has 1 aromatic heterocycles. The van der Waals surface area contributed by atoms with Crippen molar-refractivity contribution in [2.45, 2.75) is 0 Å². The van der Waals surface area contributed by atoms with Gasteiger partial charge in [0.15, 0.2) is 0 Å². The number of rotatable bonds is 3. The first-order valence-electron chi connectivity index (χ1n) is 5.03. The van der Waals surface area contributed by atoms with Gasteiger partial charge in [0.1, 0.15) is 0 Å². The number of hydrogen-bond acceptors (Lipinski definition) is 3. The first-order valence-corrected chi connectivity index (χ1v) is 6.28. The van der Waals surface area contributed by atoms with Crippen LogP contribution in [0.2, 0.25) is 5.02 Å². The smallest absolute Gasteiger partial charge is 0.265 e. The molecule has 0 spiro atoms. The Morgan fingerprint density at radius 3 is 2.76 bits per heavy atom. The van der Waals surface area contributed by atoms with E-state index in [2.05, 4.69) is 10.6 Å². The number of nitrogens with one attached hydrogen (secondary N) is 2. The minimum atomic E-state index is -0.140. The zero-order valence-electron chi connectivity index (χ0n) is 9.16. The highest BCUT2D eigenvalue weighted by Crippen LogP contribution is 2.26. The van der Waals surface area contributed by atoms with Crippen LogP contribution in [0.25, 0.3) is 0 Å². The number of carbonyl (C=O) groups excluding carboxylic acids is 1. The first kappa shape index (κ1) is 12.0. The monoisotopic (exact) mass is 266 g/mol. The molecule has 0 radical (unpaired) electrons. The van der Waals surface area contributed by atoms with Crippen LogP contribution >= 0.6 is 22.9 Å². The molecule has 0 bridgehead atoms. The molecular weight excluding hydrogens is 256 g/mol. The van der Waals surface area contributed by atoms with Crippen LogP contribution in [-0.2, 0) is 0 Å². The second kappa shape index (κ2) is 5.21. The van der Waals surface area contributed by atoms with E-state index in [0.717, 1.165) is 5.69 Å². The van der Waals surface area contributed by atoms with Gasteiger partial charge < -0.3 is 10.6 Å². The number of anilines is 2. The number of halogens is 1. The molecule has 0 aliphatic heterocycles. The number of thiophene rings is 1. The zero-order valence-corrected chi connectivity index (χ0v) is 10.7. The predicted molar refractivity (Wildman–Crippen MR) is 73.3 cm³/mol. The Morgan fingerprint density at radius 1 is 1.35 bits per heavy atom. The summed E-state index contributed by atoms with van der Waals surface area (Å²) in [5, 5.41) is 8.13. The SMILES string of the molecule is CNc1ccc(NC(=O)c2cccs2)c(Cl)c1. The normalized spacial score (nSPS) is 10.0. The fourth-order valence-electron chi connectivity index (χ4n) is 1.36. The molecule has 0 fully saturated rings. The molecule has 0 saturated heterocycles. The van der Waals surface area contributed by atoms with Gasteiger partial charge in [-0.1, -0.05) is 17.7 Å². The third kappa shape index (κ3) is 2.78. The number of hydrogen-bond donors (Lipinski definition) is 2. The van der Waals surface area contributed by atoms with Crippen molar-refractivity contribution in [1.29, 1.82) is 0 Å². The topological polar surface area (TPSA) is 41.1 Å². The van der Waals surface area contributed by atoms with Crippen LogP contribution in [0.1, 0.15) is 9.67 Å². The van der Waals surface area contributed by atoms with Crippen molar-refractivity contribution in [2.75, 3.05) is 17.7 Å². The van der Waals surface area contributed by atoms with Crippen molar-refractivity contribution >= 4 is 40.2 Å². The molecule has 0 unspecified atom stereocenters. The van der Waals surface area contributed by atoms with Crippen LogP contribution in [0.4, 0.5) is 11.4 Å². The van der Waals surface area contributed by atoms with E-state index in [1.807, 2.05) is 24.6 Å². The molecule has 88 valence electrons. The summed E-state index contributed by atoms with van der Waals surface area (Å²) < 4.78 is 0. The third-order valence-corrected chi connectivity index (χ3v) is 3.43. The van der Waals surface area contributed by atoms with Gasteiger partial charge >= 0.3 is 0 Å². The number of carbonyl (C=O) groups is 1. The summed E-state index contributed by atoms with van der Waals surface area (Å²) in [6.07, 6.45) is 0. The first-order chi connectivity index (χ1) is 8.20. The van der Waals surface area contributed by atoms with Gasteiger partial charge in [0.05, 0.1) is 15.6 Å². The Morgan fingerprint density at radius 2 is 2.18 bits per heavy atom. The molecule has 0 saturated carbocycles. The molecule has 2 aromatic rings. The molecule has 1 aromatic carbocycles. The van der Waals surface area contributed by atoms with E-state index in [9.17, 15) is 4.79 Å². The van der Waals surface area contributed by atoms with Gasteiger partial charge in [-0.2, -0.15) is 0 Å². The van der Waals surface area contributed by atoms with Gasteiger partial charge in [0.2, 0.25) is 0 Å². The molecule has 0 aliphatic rings. The predicted octanol–water partition coefficient (Wildman–Crippen LogP) is 3.70. The van der Waals surface area contributed by atoms with E-state index >= 15 is 0 Å². The Bertz CT molecular complexity index is 525. The van der Waals surface area contributed by atoms with Crippen molar-refractivity contribution in [3.8, 4) is 0 Å². The van der Waals surface area contributed by atoms with Crippen molar-refractivity contribution in [1.82, 2.24) is 0 Å². The summed E-state index contributed by atoms with van der Waals surface area (Å²) in [4.78, 5) is 12.5. The lowest BCUT2D eigenvalue weighted by Crippen LogP contribution is -2.10. The molecule has 1 amide bonds. The Balaban J connectivity index is 2.16. The largest absolute Gasteiger partial charge is 0.388 e. The van der Waals surface area contributed by atoms with E-state index < -0.39 is 0 Å². The molecule has 2 N–H and O–H groups in total. The third-order valence-electron chi connectivity index (χ3n) is 2.25. The maximum Gasteiger partial charge on any atom is 0.265 e. The minimum Gasteiger partial charge on any atom is -0.388 e. The fourth-order valence-corrected chi connectivity index (χ4v) is 2.21. The Labute approximate surface area is 108 Å². The van der Waals surface area contributed by atoms with Crippen molar-refractivity contribution in [3.05, 3.63) is 45.6 Å². The van der Waals surface area contributed by atoms with E-state index in [-0.39, 0.29) is 5.91 Å². The summed E-state index contributed by atoms with van der Waals surface area (Å²) in [6.45, 7) is 0. The van der Waals surface area contributed by atoms with Crippen molar-refractivity contribution in [2.24, 2.45) is 0 Å². The van der Waals surface area contributed by atoms with Crippen molar-refractivity contribution < 1.29 is 4.79 Å². The molecule has 3 nitrogen and oxygen atoms in total. The van der Waals surface area contributed by atoms with Gasteiger partial charge in [0, 0.05) is 12.7 Å². The van der Waals surface area contributed by atoms with Crippen molar-refractivity contribution in [3.63, 3.8) is 0 Å². The highest BCUT2D eigenvalue weighted by molar-refractivity contribution is 7.12. The highest BCUT2D eigenvalue weighted by atomic mass is 35.5. The van der Waals surface area contributed by atoms with E-state index in [4.69, 9.17) is 11.6 Å². The lowest BCUT2D eigenvalue weighted by molar-refractivity contribution is 0.103. The molecular formula is C12H11ClN2OS. The summed E-state index contributed by atoms with van der Waals surface area (Å²) in [6, 6.07) is 9.02. The molecule has 0 aliphatic carbocycles. The van der Waals surface area contributed by atoms with Crippen LogP contribution in [0.15, 0.2) is 35.7 Å². The fraction of sp³-hybridized carbons (Fsp3) is 0.0833. The van der Waals surface area contributed by atoms with E-state index in [1.54, 1.807) is 18.2 Å². The van der Waals surface area contributed by atoms with Crippen LogP contribution in [0.3, 0.4) is 0 Å². The van der Waals surface area contributed by atoms with Crippen LogP contribution in [0, 0.1) is 0 Å². The molecule has 17 heavy (non-hydrogen) atoms. The van der Waals surface area contributed by atoms with Gasteiger partial charge in [-0.3, -0.25) is 4.79 Å². The zero-order chi connectivity index (χ0) is 12.3. The van der Waals surface area contributed by atoms with E-state index in [1.165, 1.54) is 11.3 Å². The average Bonchev–Trinajstić information content (AvgIpc) is 2.85. The average molecular weight is 267 g/mol. The minimum absolute atomic E-state index is 0.140. The molecule has 1 heterocycles. The maximum absolute atomic E-state index is 11.8. The van der Waals surface area contributed by atoms with E-state index in [0.29, 0.717) is 15.6 Å². The van der Waals surface area contributed by atoms with Crippen LogP contribution in [-0.4, -0.2) is 13.0 Å². The van der Waals surface area contributed by atoms with Gasteiger partial charge in [-0.15, -0.1) is 11.3 Å². The Hall–Kier alpha value is -1.52. The Kier molecular flexibility index (Phi) is 3.66. The lowest BCUT2D eigenvalue weighted by atomic mass is 10.2. The summed E-state index contributed by atoms with van der Waals surface area (Å²) >= 11 is 7.46. The summed E-state index contributed by atoms with van der Waals surface area (Å²) in [7, 11) is 1.82. The number of benzene rings is 1. The second-order valence-corrected chi connectivity index (χ2v) is 4.73. The standard InChI is InChI=1S/C12H11ClN2OS/c1-14-8-4-5-10(9(13)7-8)15-12(16)11-3-2-6-17-11/h2-7,14H,1H3,(H,15,16). The van der Waals surface area contributed by atoms with Crippen LogP contribution in [0.5, 0.6) is 0 Å². The molecule has 0 atom stereocenters. The molecule has 2 rings (SSSR count). The van der Waals surface area contributed by atoms with Gasteiger partial charge in [0.25, 0.3) is 5.91 Å². The van der Waals surface area contributed by atoms with Gasteiger partial charge in [-0.25, -0.2) is 0 Å². The summed E-state index contributed by atoms with van der Waals surface area (Å²) in [5.41, 5.74) is 1.52.